The number of pyridine rings is 1. The van der Waals surface area contributed by atoms with Crippen LogP contribution in [-0.4, -0.2) is 22.6 Å². The van der Waals surface area contributed by atoms with Crippen LogP contribution in [0.4, 0.5) is 8.78 Å². The summed E-state index contributed by atoms with van der Waals surface area (Å²) in [6.07, 6.45) is 1.19. The number of aromatic nitrogens is 1. The van der Waals surface area contributed by atoms with Gasteiger partial charge >= 0.3 is 6.61 Å². The molecule has 1 heterocycles. The molecule has 0 fully saturated rings. The monoisotopic (exact) mass is 203 g/mol. The molecule has 5 nitrogen and oxygen atoms in total. The van der Waals surface area contributed by atoms with Crippen LogP contribution in [-0.2, 0) is 0 Å². The van der Waals surface area contributed by atoms with Crippen LogP contribution in [0.1, 0.15) is 5.56 Å². The van der Waals surface area contributed by atoms with Crippen molar-refractivity contribution in [1.82, 2.24) is 10.5 Å². The zero-order chi connectivity index (χ0) is 10.6. The van der Waals surface area contributed by atoms with Crippen LogP contribution in [0.5, 0.6) is 5.88 Å². The van der Waals surface area contributed by atoms with Crippen molar-refractivity contribution in [3.63, 3.8) is 0 Å². The maximum absolute atomic E-state index is 11.8. The molecular formula is C7H7F2N3O2. The van der Waals surface area contributed by atoms with Crippen LogP contribution >= 0.6 is 0 Å². The Bertz CT molecular complexity index is 332. The highest BCUT2D eigenvalue weighted by Gasteiger charge is 2.07. The van der Waals surface area contributed by atoms with Crippen LogP contribution < -0.4 is 10.2 Å². The number of hydrogen-bond donors (Lipinski definition) is 3. The average molecular weight is 203 g/mol. The Labute approximate surface area is 77.8 Å². The fourth-order valence-corrected chi connectivity index (χ4v) is 0.785. The van der Waals surface area contributed by atoms with Gasteiger partial charge in [0.25, 0.3) is 0 Å². The maximum atomic E-state index is 11.8. The molecule has 0 radical (unpaired) electrons. The largest absolute Gasteiger partial charge is 0.417 e. The fourth-order valence-electron chi connectivity index (χ4n) is 0.785. The van der Waals surface area contributed by atoms with E-state index in [0.29, 0.717) is 0 Å². The molecule has 76 valence electrons. The van der Waals surface area contributed by atoms with Gasteiger partial charge in [-0.3, -0.25) is 16.1 Å². The van der Waals surface area contributed by atoms with Crippen molar-refractivity contribution in [3.8, 4) is 5.88 Å². The van der Waals surface area contributed by atoms with E-state index in [1.807, 2.05) is 0 Å². The molecule has 0 saturated carbocycles. The summed E-state index contributed by atoms with van der Waals surface area (Å²) in [6.45, 7) is -2.96. The van der Waals surface area contributed by atoms with Crippen molar-refractivity contribution in [2.75, 3.05) is 0 Å². The first-order valence-corrected chi connectivity index (χ1v) is 3.53. The summed E-state index contributed by atoms with van der Waals surface area (Å²) in [4.78, 5) is 3.49. The van der Waals surface area contributed by atoms with Crippen LogP contribution in [0.25, 0.3) is 0 Å². The van der Waals surface area contributed by atoms with E-state index in [0.717, 1.165) is 6.07 Å². The van der Waals surface area contributed by atoms with Crippen molar-refractivity contribution in [3.05, 3.63) is 23.9 Å². The van der Waals surface area contributed by atoms with Gasteiger partial charge in [-0.05, 0) is 6.07 Å². The highest BCUT2D eigenvalue weighted by atomic mass is 19.3. The fraction of sp³-hybridized carbons (Fsp3) is 0.143. The Morgan fingerprint density at radius 1 is 1.64 bits per heavy atom. The summed E-state index contributed by atoms with van der Waals surface area (Å²) < 4.78 is 27.5. The van der Waals surface area contributed by atoms with E-state index in [-0.39, 0.29) is 17.3 Å². The molecule has 14 heavy (non-hydrogen) atoms. The Morgan fingerprint density at radius 3 is 2.93 bits per heavy atom. The number of ether oxygens (including phenoxy) is 1. The topological polar surface area (TPSA) is 78.2 Å². The number of amidine groups is 1. The zero-order valence-electron chi connectivity index (χ0n) is 6.87. The van der Waals surface area contributed by atoms with Gasteiger partial charge in [-0.15, -0.1) is 0 Å². The molecule has 1 aromatic heterocycles. The number of hydrogen-bond acceptors (Lipinski definition) is 4. The van der Waals surface area contributed by atoms with Gasteiger partial charge in [-0.2, -0.15) is 8.78 Å². The molecule has 0 aliphatic carbocycles. The molecule has 0 saturated heterocycles. The van der Waals surface area contributed by atoms with Crippen molar-refractivity contribution in [1.29, 1.82) is 5.41 Å². The Hall–Kier alpha value is -1.76. The number of halogens is 2. The van der Waals surface area contributed by atoms with Crippen molar-refractivity contribution in [2.24, 2.45) is 0 Å². The van der Waals surface area contributed by atoms with E-state index in [4.69, 9.17) is 10.6 Å². The summed E-state index contributed by atoms with van der Waals surface area (Å²) in [5.41, 5.74) is 1.77. The van der Waals surface area contributed by atoms with Crippen LogP contribution in [0.2, 0.25) is 0 Å². The minimum Gasteiger partial charge on any atom is -0.417 e. The minimum absolute atomic E-state index is 0.193. The Morgan fingerprint density at radius 2 is 2.36 bits per heavy atom. The summed E-state index contributed by atoms with van der Waals surface area (Å²) >= 11 is 0. The van der Waals surface area contributed by atoms with Crippen molar-refractivity contribution >= 4 is 5.84 Å². The number of nitrogens with one attached hydrogen (secondary N) is 2. The van der Waals surface area contributed by atoms with Gasteiger partial charge in [0.1, 0.15) is 5.84 Å². The first-order valence-electron chi connectivity index (χ1n) is 3.53. The SMILES string of the molecule is N=C(NO)c1ccnc(OC(F)F)c1. The predicted molar refractivity (Wildman–Crippen MR) is 42.6 cm³/mol. The highest BCUT2D eigenvalue weighted by molar-refractivity contribution is 5.95. The number of alkyl halides is 2. The van der Waals surface area contributed by atoms with Crippen LogP contribution in [0.3, 0.4) is 0 Å². The van der Waals surface area contributed by atoms with E-state index < -0.39 is 6.61 Å². The van der Waals surface area contributed by atoms with Crippen molar-refractivity contribution in [2.45, 2.75) is 6.61 Å². The second kappa shape index (κ2) is 4.47. The Balaban J connectivity index is 2.84. The third-order valence-electron chi connectivity index (χ3n) is 1.35. The molecule has 0 atom stereocenters. The minimum atomic E-state index is -2.96. The Kier molecular flexibility index (Phi) is 3.29. The molecule has 0 bridgehead atoms. The van der Waals surface area contributed by atoms with Crippen molar-refractivity contribution < 1.29 is 18.7 Å². The van der Waals surface area contributed by atoms with E-state index >= 15 is 0 Å². The van der Waals surface area contributed by atoms with Gasteiger partial charge < -0.3 is 4.74 Å². The lowest BCUT2D eigenvalue weighted by molar-refractivity contribution is -0.0528. The lowest BCUT2D eigenvalue weighted by Crippen LogP contribution is -2.18. The molecule has 0 aliphatic heterocycles. The van der Waals surface area contributed by atoms with Gasteiger partial charge in [0.05, 0.1) is 0 Å². The molecule has 0 amide bonds. The third kappa shape index (κ3) is 2.63. The second-order valence-electron chi connectivity index (χ2n) is 2.25. The van der Waals surface area contributed by atoms with Crippen LogP contribution in [0.15, 0.2) is 18.3 Å². The van der Waals surface area contributed by atoms with E-state index in [2.05, 4.69) is 9.72 Å². The standard InChI is InChI=1S/C7H7F2N3O2/c8-7(9)14-5-3-4(1-2-11-5)6(10)12-13/h1-3,7,13H,(H2,10,12). The molecule has 7 heteroatoms. The molecular weight excluding hydrogens is 196 g/mol. The first-order chi connectivity index (χ1) is 6.63. The highest BCUT2D eigenvalue weighted by Crippen LogP contribution is 2.11. The molecule has 3 N–H and O–H groups in total. The lowest BCUT2D eigenvalue weighted by atomic mass is 10.2. The van der Waals surface area contributed by atoms with Gasteiger partial charge in [0.2, 0.25) is 5.88 Å². The lowest BCUT2D eigenvalue weighted by Gasteiger charge is -2.05. The molecule has 0 spiro atoms. The average Bonchev–Trinajstić information content (AvgIpc) is 2.16. The summed E-state index contributed by atoms with van der Waals surface area (Å²) in [7, 11) is 0. The quantitative estimate of drug-likeness (QED) is 0.389. The smallest absolute Gasteiger partial charge is 0.388 e. The summed E-state index contributed by atoms with van der Waals surface area (Å²) in [5, 5.41) is 15.5. The number of nitrogens with zero attached hydrogens (tertiary/aromatic N) is 1. The van der Waals surface area contributed by atoms with E-state index in [1.165, 1.54) is 12.3 Å². The van der Waals surface area contributed by atoms with Gasteiger partial charge in [0.15, 0.2) is 0 Å². The van der Waals surface area contributed by atoms with Gasteiger partial charge in [-0.1, -0.05) is 0 Å². The van der Waals surface area contributed by atoms with Crippen LogP contribution in [0, 0.1) is 5.41 Å². The third-order valence-corrected chi connectivity index (χ3v) is 1.35. The van der Waals surface area contributed by atoms with Gasteiger partial charge in [-0.25, -0.2) is 4.98 Å². The van der Waals surface area contributed by atoms with Gasteiger partial charge in [0, 0.05) is 17.8 Å². The molecule has 1 rings (SSSR count). The number of rotatable bonds is 3. The number of hydroxylamine groups is 1. The second-order valence-corrected chi connectivity index (χ2v) is 2.25. The van der Waals surface area contributed by atoms with E-state index in [9.17, 15) is 8.78 Å². The summed E-state index contributed by atoms with van der Waals surface area (Å²) in [6, 6.07) is 2.47. The first kappa shape index (κ1) is 10.3. The summed E-state index contributed by atoms with van der Waals surface area (Å²) in [5.74, 6) is -0.635. The molecule has 1 aromatic rings. The zero-order valence-corrected chi connectivity index (χ0v) is 6.87. The predicted octanol–water partition coefficient (Wildman–Crippen LogP) is 0.987. The normalized spacial score (nSPS) is 10.0. The molecule has 0 aromatic carbocycles. The maximum Gasteiger partial charge on any atom is 0.388 e. The molecule has 0 aliphatic rings. The molecule has 0 unspecified atom stereocenters. The van der Waals surface area contributed by atoms with E-state index in [1.54, 1.807) is 5.48 Å².